The van der Waals surface area contributed by atoms with Crippen LogP contribution in [0, 0.1) is 0 Å². The number of carbonyl (C=O) groups excluding carboxylic acids is 1. The Morgan fingerprint density at radius 3 is 2.60 bits per heavy atom. The summed E-state index contributed by atoms with van der Waals surface area (Å²) in [5.41, 5.74) is 7.56. The molecule has 0 radical (unpaired) electrons. The van der Waals surface area contributed by atoms with Gasteiger partial charge in [-0.3, -0.25) is 4.79 Å². The van der Waals surface area contributed by atoms with E-state index in [0.29, 0.717) is 10.7 Å². The van der Waals surface area contributed by atoms with E-state index < -0.39 is 0 Å². The van der Waals surface area contributed by atoms with E-state index in [1.54, 1.807) is 12.3 Å². The maximum atomic E-state index is 13.0. The normalized spacial score (nSPS) is 11.5. The first kappa shape index (κ1) is 18.2. The third kappa shape index (κ3) is 3.25. The third-order valence-electron chi connectivity index (χ3n) is 5.04. The molecule has 0 bridgehead atoms. The fourth-order valence-electron chi connectivity index (χ4n) is 3.66. The van der Waals surface area contributed by atoms with Crippen molar-refractivity contribution in [3.05, 3.63) is 95.3 Å². The topological polar surface area (TPSA) is 73.0 Å². The van der Waals surface area contributed by atoms with Gasteiger partial charge in [0.2, 0.25) is 0 Å². The Bertz CT molecular complexity index is 1400. The van der Waals surface area contributed by atoms with Crippen molar-refractivity contribution in [2.75, 3.05) is 0 Å². The van der Waals surface area contributed by atoms with Crippen LogP contribution in [0.15, 0.2) is 84.1 Å². The number of hydrazone groups is 1. The van der Waals surface area contributed by atoms with E-state index in [1.807, 2.05) is 72.9 Å². The molecule has 146 valence electrons. The lowest BCUT2D eigenvalue weighted by Crippen LogP contribution is -2.18. The van der Waals surface area contributed by atoms with Crippen LogP contribution in [0.4, 0.5) is 0 Å². The van der Waals surface area contributed by atoms with Crippen LogP contribution in [0.1, 0.15) is 16.1 Å². The highest BCUT2D eigenvalue weighted by atomic mass is 35.5. The van der Waals surface area contributed by atoms with Gasteiger partial charge in [0.05, 0.1) is 6.21 Å². The number of amides is 1. The van der Waals surface area contributed by atoms with Crippen LogP contribution < -0.4 is 5.43 Å². The molecule has 0 saturated heterocycles. The predicted octanol–water partition coefficient (Wildman–Crippen LogP) is 5.73. The maximum absolute atomic E-state index is 13.0. The smallest absolute Gasteiger partial charge is 0.288 e. The van der Waals surface area contributed by atoms with Crippen molar-refractivity contribution in [3.63, 3.8) is 0 Å². The average molecular weight is 413 g/mol. The number of rotatable bonds is 4. The molecule has 0 fully saturated rings. The average Bonchev–Trinajstić information content (AvgIpc) is 3.36. The molecule has 3 aromatic carbocycles. The lowest BCUT2D eigenvalue weighted by Gasteiger charge is -2.04. The number of benzene rings is 3. The van der Waals surface area contributed by atoms with Gasteiger partial charge >= 0.3 is 0 Å². The van der Waals surface area contributed by atoms with Crippen LogP contribution in [0.3, 0.4) is 0 Å². The molecule has 0 aliphatic heterocycles. The summed E-state index contributed by atoms with van der Waals surface area (Å²) in [5, 5.41) is 6.72. The Labute approximate surface area is 177 Å². The van der Waals surface area contributed by atoms with Crippen LogP contribution >= 0.6 is 11.6 Å². The lowest BCUT2D eigenvalue weighted by molar-refractivity contribution is 0.0951. The Kier molecular flexibility index (Phi) is 4.58. The van der Waals surface area contributed by atoms with Crippen LogP contribution in [0.5, 0.6) is 0 Å². The van der Waals surface area contributed by atoms with E-state index in [4.69, 9.17) is 11.6 Å². The summed E-state index contributed by atoms with van der Waals surface area (Å²) in [4.78, 5) is 19.4. The number of hydrogen-bond donors (Lipinski definition) is 3. The zero-order chi connectivity index (χ0) is 20.5. The number of aromatic amines is 2. The first-order chi connectivity index (χ1) is 14.7. The number of halogens is 1. The van der Waals surface area contributed by atoms with Gasteiger partial charge in [-0.1, -0.05) is 60.1 Å². The summed E-state index contributed by atoms with van der Waals surface area (Å²) in [6.07, 6.45) is 3.50. The van der Waals surface area contributed by atoms with Crippen LogP contribution in [0.25, 0.3) is 32.9 Å². The van der Waals surface area contributed by atoms with Crippen molar-refractivity contribution >= 4 is 45.5 Å². The molecule has 0 aliphatic rings. The molecule has 2 aromatic heterocycles. The Morgan fingerprint density at radius 1 is 0.933 bits per heavy atom. The number of hydrogen-bond acceptors (Lipinski definition) is 2. The van der Waals surface area contributed by atoms with E-state index in [0.717, 1.165) is 38.5 Å². The molecule has 5 nitrogen and oxygen atoms in total. The van der Waals surface area contributed by atoms with Gasteiger partial charge in [-0.25, -0.2) is 5.43 Å². The highest BCUT2D eigenvalue weighted by Crippen LogP contribution is 2.34. The number of nitrogens with zero attached hydrogens (tertiary/aromatic N) is 1. The molecule has 0 aliphatic carbocycles. The van der Waals surface area contributed by atoms with Gasteiger partial charge in [0.15, 0.2) is 0 Å². The summed E-state index contributed by atoms with van der Waals surface area (Å²) >= 11 is 6.21. The molecule has 3 N–H and O–H groups in total. The number of nitrogens with one attached hydrogen (secondary N) is 3. The van der Waals surface area contributed by atoms with Gasteiger partial charge < -0.3 is 9.97 Å². The van der Waals surface area contributed by atoms with E-state index in [1.165, 1.54) is 0 Å². The van der Waals surface area contributed by atoms with Crippen molar-refractivity contribution in [2.45, 2.75) is 0 Å². The SMILES string of the molecule is O=C(N/N=C\c1c[nH]c2ccccc12)c1[nH]c2ccc(Cl)cc2c1-c1ccccc1. The molecular weight excluding hydrogens is 396 g/mol. The number of para-hydroxylation sites is 1. The maximum Gasteiger partial charge on any atom is 0.288 e. The quantitative estimate of drug-likeness (QED) is 0.256. The van der Waals surface area contributed by atoms with Gasteiger partial charge in [-0.15, -0.1) is 0 Å². The number of aromatic nitrogens is 2. The molecule has 0 spiro atoms. The van der Waals surface area contributed by atoms with Crippen molar-refractivity contribution < 1.29 is 4.79 Å². The molecule has 0 saturated carbocycles. The van der Waals surface area contributed by atoms with Gasteiger partial charge in [-0.05, 0) is 29.8 Å². The molecular formula is C24H17ClN4O. The first-order valence-corrected chi connectivity index (χ1v) is 9.84. The van der Waals surface area contributed by atoms with Crippen molar-refractivity contribution in [2.24, 2.45) is 5.10 Å². The minimum absolute atomic E-state index is 0.322. The van der Waals surface area contributed by atoms with Gasteiger partial charge in [0.25, 0.3) is 5.91 Å². The Balaban J connectivity index is 1.50. The highest BCUT2D eigenvalue weighted by molar-refractivity contribution is 6.31. The Morgan fingerprint density at radius 2 is 1.73 bits per heavy atom. The van der Waals surface area contributed by atoms with Gasteiger partial charge in [0, 0.05) is 44.2 Å². The van der Waals surface area contributed by atoms with E-state index >= 15 is 0 Å². The highest BCUT2D eigenvalue weighted by Gasteiger charge is 2.19. The first-order valence-electron chi connectivity index (χ1n) is 9.47. The summed E-state index contributed by atoms with van der Waals surface area (Å²) in [6, 6.07) is 23.2. The molecule has 0 unspecified atom stereocenters. The minimum Gasteiger partial charge on any atom is -0.361 e. The van der Waals surface area contributed by atoms with Crippen LogP contribution in [0.2, 0.25) is 5.02 Å². The minimum atomic E-state index is -0.322. The fraction of sp³-hybridized carbons (Fsp3) is 0. The number of carbonyl (C=O) groups is 1. The second-order valence-electron chi connectivity index (χ2n) is 6.92. The molecule has 6 heteroatoms. The van der Waals surface area contributed by atoms with Gasteiger partial charge in [-0.2, -0.15) is 5.10 Å². The van der Waals surface area contributed by atoms with E-state index in [-0.39, 0.29) is 5.91 Å². The molecule has 2 heterocycles. The second kappa shape index (κ2) is 7.54. The van der Waals surface area contributed by atoms with Crippen molar-refractivity contribution in [3.8, 4) is 11.1 Å². The molecule has 1 amide bonds. The summed E-state index contributed by atoms with van der Waals surface area (Å²) in [6.45, 7) is 0. The van der Waals surface area contributed by atoms with Crippen LogP contribution in [-0.4, -0.2) is 22.1 Å². The largest absolute Gasteiger partial charge is 0.361 e. The fourth-order valence-corrected chi connectivity index (χ4v) is 3.83. The molecule has 5 aromatic rings. The monoisotopic (exact) mass is 412 g/mol. The van der Waals surface area contributed by atoms with Gasteiger partial charge in [0.1, 0.15) is 5.69 Å². The zero-order valence-electron chi connectivity index (χ0n) is 15.8. The van der Waals surface area contributed by atoms with Crippen LogP contribution in [-0.2, 0) is 0 Å². The zero-order valence-corrected chi connectivity index (χ0v) is 16.6. The predicted molar refractivity (Wildman–Crippen MR) is 122 cm³/mol. The Hall–Kier alpha value is -3.83. The summed E-state index contributed by atoms with van der Waals surface area (Å²) in [5.74, 6) is -0.322. The summed E-state index contributed by atoms with van der Waals surface area (Å²) in [7, 11) is 0. The third-order valence-corrected chi connectivity index (χ3v) is 5.28. The molecule has 0 atom stereocenters. The number of H-pyrrole nitrogens is 2. The van der Waals surface area contributed by atoms with Crippen molar-refractivity contribution in [1.29, 1.82) is 0 Å². The standard InChI is InChI=1S/C24H17ClN4O/c25-17-10-11-21-19(12-17)22(15-6-2-1-3-7-15)23(28-21)24(30)29-27-14-16-13-26-20-9-5-4-8-18(16)20/h1-14,26,28H,(H,29,30)/b27-14-. The van der Waals surface area contributed by atoms with Crippen molar-refractivity contribution in [1.82, 2.24) is 15.4 Å². The lowest BCUT2D eigenvalue weighted by atomic mass is 10.0. The number of fused-ring (bicyclic) bond motifs is 2. The second-order valence-corrected chi connectivity index (χ2v) is 7.36. The summed E-state index contributed by atoms with van der Waals surface area (Å²) < 4.78 is 0. The van der Waals surface area contributed by atoms with E-state index in [9.17, 15) is 4.79 Å². The van der Waals surface area contributed by atoms with E-state index in [2.05, 4.69) is 20.5 Å². The molecule has 30 heavy (non-hydrogen) atoms. The molecule has 5 rings (SSSR count).